The Hall–Kier alpha value is -1.26. The predicted molar refractivity (Wildman–Crippen MR) is 76.9 cm³/mol. The molecule has 4 nitrogen and oxygen atoms in total. The molecule has 0 spiro atoms. The summed E-state index contributed by atoms with van der Waals surface area (Å²) in [6, 6.07) is 6.79. The smallest absolute Gasteiger partial charge is 0.161 e. The largest absolute Gasteiger partial charge is 0.493 e. The minimum absolute atomic E-state index is 0.614. The second-order valence-electron chi connectivity index (χ2n) is 5.05. The maximum Gasteiger partial charge on any atom is 0.161 e. The van der Waals surface area contributed by atoms with Crippen molar-refractivity contribution in [2.45, 2.75) is 25.9 Å². The van der Waals surface area contributed by atoms with Crippen LogP contribution in [0.4, 0.5) is 0 Å². The fourth-order valence-electron chi connectivity index (χ4n) is 2.51. The van der Waals surface area contributed by atoms with E-state index in [0.717, 1.165) is 37.7 Å². The van der Waals surface area contributed by atoms with Crippen molar-refractivity contribution in [3.63, 3.8) is 0 Å². The fourth-order valence-corrected chi connectivity index (χ4v) is 2.51. The van der Waals surface area contributed by atoms with Gasteiger partial charge in [0.15, 0.2) is 11.5 Å². The van der Waals surface area contributed by atoms with Gasteiger partial charge in [0.25, 0.3) is 0 Å². The van der Waals surface area contributed by atoms with Crippen LogP contribution in [0.3, 0.4) is 0 Å². The van der Waals surface area contributed by atoms with Crippen molar-refractivity contribution < 1.29 is 9.47 Å². The zero-order chi connectivity index (χ0) is 13.7. The van der Waals surface area contributed by atoms with Gasteiger partial charge >= 0.3 is 0 Å². The van der Waals surface area contributed by atoms with Gasteiger partial charge in [-0.05, 0) is 37.6 Å². The summed E-state index contributed by atoms with van der Waals surface area (Å²) in [7, 11) is 3.35. The second-order valence-corrected chi connectivity index (χ2v) is 5.05. The highest BCUT2D eigenvalue weighted by Crippen LogP contribution is 2.28. The van der Waals surface area contributed by atoms with E-state index >= 15 is 0 Å². The Kier molecular flexibility index (Phi) is 5.05. The fraction of sp³-hybridized carbons (Fsp3) is 0.600. The van der Waals surface area contributed by atoms with Gasteiger partial charge in [-0.3, -0.25) is 4.90 Å². The van der Waals surface area contributed by atoms with Crippen LogP contribution in [0.5, 0.6) is 11.5 Å². The normalized spacial score (nSPS) is 20.9. The molecule has 4 heteroatoms. The molecule has 0 saturated carbocycles. The maximum atomic E-state index is 5.36. The molecule has 1 N–H and O–H groups in total. The molecule has 0 bridgehead atoms. The first kappa shape index (κ1) is 14.2. The predicted octanol–water partition coefficient (Wildman–Crippen LogP) is 1.89. The number of rotatable bonds is 4. The Bertz CT molecular complexity index is 409. The van der Waals surface area contributed by atoms with Crippen molar-refractivity contribution in [1.82, 2.24) is 10.2 Å². The summed E-state index contributed by atoms with van der Waals surface area (Å²) in [5.41, 5.74) is 1.27. The summed E-state index contributed by atoms with van der Waals surface area (Å²) < 4.78 is 10.6. The van der Waals surface area contributed by atoms with Gasteiger partial charge in [0.2, 0.25) is 0 Å². The number of benzene rings is 1. The van der Waals surface area contributed by atoms with Crippen molar-refractivity contribution in [3.05, 3.63) is 23.8 Å². The lowest BCUT2D eigenvalue weighted by Crippen LogP contribution is -2.33. The Balaban J connectivity index is 2.09. The number of ether oxygens (including phenoxy) is 2. The summed E-state index contributed by atoms with van der Waals surface area (Å²) in [6.45, 7) is 6.54. The van der Waals surface area contributed by atoms with Crippen LogP contribution in [-0.4, -0.2) is 44.8 Å². The second kappa shape index (κ2) is 6.78. The number of methoxy groups -OCH3 is 2. The van der Waals surface area contributed by atoms with E-state index in [9.17, 15) is 0 Å². The lowest BCUT2D eigenvalue weighted by molar-refractivity contribution is 0.211. The van der Waals surface area contributed by atoms with E-state index < -0.39 is 0 Å². The molecule has 1 unspecified atom stereocenters. The van der Waals surface area contributed by atoms with Crippen molar-refractivity contribution in [3.8, 4) is 11.5 Å². The van der Waals surface area contributed by atoms with E-state index in [1.807, 2.05) is 6.07 Å². The first-order valence-electron chi connectivity index (χ1n) is 6.90. The molecule has 1 aromatic rings. The molecule has 2 rings (SSSR count). The topological polar surface area (TPSA) is 33.7 Å². The Labute approximate surface area is 115 Å². The first-order valence-corrected chi connectivity index (χ1v) is 6.90. The van der Waals surface area contributed by atoms with E-state index in [0.29, 0.717) is 6.04 Å². The zero-order valence-electron chi connectivity index (χ0n) is 12.1. The Morgan fingerprint density at radius 1 is 1.21 bits per heavy atom. The molecule has 1 aromatic carbocycles. The number of nitrogens with zero attached hydrogens (tertiary/aromatic N) is 1. The molecule has 0 amide bonds. The minimum atomic E-state index is 0.614. The van der Waals surface area contributed by atoms with Gasteiger partial charge in [-0.25, -0.2) is 0 Å². The Morgan fingerprint density at radius 3 is 2.74 bits per heavy atom. The van der Waals surface area contributed by atoms with Crippen molar-refractivity contribution in [1.29, 1.82) is 0 Å². The molecule has 0 aliphatic carbocycles. The average Bonchev–Trinajstić information content (AvgIpc) is 2.64. The zero-order valence-corrected chi connectivity index (χ0v) is 12.1. The van der Waals surface area contributed by atoms with Gasteiger partial charge < -0.3 is 14.8 Å². The van der Waals surface area contributed by atoms with E-state index in [4.69, 9.17) is 9.47 Å². The lowest BCUT2D eigenvalue weighted by Gasteiger charge is -2.26. The maximum absolute atomic E-state index is 5.36. The molecule has 1 aliphatic heterocycles. The van der Waals surface area contributed by atoms with Crippen LogP contribution >= 0.6 is 0 Å². The lowest BCUT2D eigenvalue weighted by atomic mass is 10.1. The summed E-state index contributed by atoms with van der Waals surface area (Å²) in [4.78, 5) is 2.52. The summed E-state index contributed by atoms with van der Waals surface area (Å²) in [6.07, 6.45) is 1.20. The number of hydrogen-bond acceptors (Lipinski definition) is 4. The van der Waals surface area contributed by atoms with E-state index in [1.54, 1.807) is 14.2 Å². The third-order valence-corrected chi connectivity index (χ3v) is 3.77. The standard InChI is InChI=1S/C15H24N2O2/c1-12-6-7-16-8-9-17(12)11-13-4-5-14(18-2)15(10-13)19-3/h4-5,10,12,16H,6-9,11H2,1-3H3. The molecule has 0 aromatic heterocycles. The molecule has 0 radical (unpaired) electrons. The van der Waals surface area contributed by atoms with Crippen molar-refractivity contribution >= 4 is 0 Å². The monoisotopic (exact) mass is 264 g/mol. The van der Waals surface area contributed by atoms with Crippen molar-refractivity contribution in [2.75, 3.05) is 33.9 Å². The highest BCUT2D eigenvalue weighted by molar-refractivity contribution is 5.42. The first-order chi connectivity index (χ1) is 9.24. The van der Waals surface area contributed by atoms with Crippen molar-refractivity contribution in [2.24, 2.45) is 0 Å². The van der Waals surface area contributed by atoms with E-state index in [1.165, 1.54) is 12.0 Å². The van der Waals surface area contributed by atoms with Gasteiger partial charge in [-0.2, -0.15) is 0 Å². The average molecular weight is 264 g/mol. The van der Waals surface area contributed by atoms with Crippen LogP contribution in [0.15, 0.2) is 18.2 Å². The molecular formula is C15H24N2O2. The molecule has 1 atom stereocenters. The third kappa shape index (κ3) is 3.61. The molecule has 1 saturated heterocycles. The summed E-state index contributed by atoms with van der Waals surface area (Å²) >= 11 is 0. The molecule has 106 valence electrons. The highest BCUT2D eigenvalue weighted by Gasteiger charge is 2.17. The van der Waals surface area contributed by atoms with Crippen LogP contribution in [0.1, 0.15) is 18.9 Å². The van der Waals surface area contributed by atoms with Crippen LogP contribution in [-0.2, 0) is 6.54 Å². The quantitative estimate of drug-likeness (QED) is 0.900. The summed E-state index contributed by atoms with van der Waals surface area (Å²) in [5.74, 6) is 1.59. The number of hydrogen-bond donors (Lipinski definition) is 1. The van der Waals surface area contributed by atoms with Gasteiger partial charge in [0.05, 0.1) is 14.2 Å². The van der Waals surface area contributed by atoms with Crippen LogP contribution < -0.4 is 14.8 Å². The van der Waals surface area contributed by atoms with Crippen LogP contribution in [0, 0.1) is 0 Å². The SMILES string of the molecule is COc1ccc(CN2CCNCCC2C)cc1OC. The number of nitrogens with one attached hydrogen (secondary N) is 1. The Morgan fingerprint density at radius 2 is 2.00 bits per heavy atom. The van der Waals surface area contributed by atoms with Gasteiger partial charge in [-0.1, -0.05) is 6.07 Å². The van der Waals surface area contributed by atoms with E-state index in [-0.39, 0.29) is 0 Å². The highest BCUT2D eigenvalue weighted by atomic mass is 16.5. The molecular weight excluding hydrogens is 240 g/mol. The third-order valence-electron chi connectivity index (χ3n) is 3.77. The summed E-state index contributed by atoms with van der Waals surface area (Å²) in [5, 5.41) is 3.45. The van der Waals surface area contributed by atoms with Crippen LogP contribution in [0.2, 0.25) is 0 Å². The molecule has 1 fully saturated rings. The molecule has 1 aliphatic rings. The molecule has 1 heterocycles. The van der Waals surface area contributed by atoms with Gasteiger partial charge in [0, 0.05) is 25.7 Å². The van der Waals surface area contributed by atoms with Crippen LogP contribution in [0.25, 0.3) is 0 Å². The van der Waals surface area contributed by atoms with E-state index in [2.05, 4.69) is 29.3 Å². The van der Waals surface area contributed by atoms with Gasteiger partial charge in [-0.15, -0.1) is 0 Å². The minimum Gasteiger partial charge on any atom is -0.493 e. The molecule has 19 heavy (non-hydrogen) atoms. The van der Waals surface area contributed by atoms with Gasteiger partial charge in [0.1, 0.15) is 0 Å².